The molecule has 2 atom stereocenters. The highest BCUT2D eigenvalue weighted by atomic mass is 16.4. The van der Waals surface area contributed by atoms with Crippen LogP contribution in [0.4, 0.5) is 0 Å². The number of amides is 1. The van der Waals surface area contributed by atoms with Gasteiger partial charge < -0.3 is 15.0 Å². The van der Waals surface area contributed by atoms with Gasteiger partial charge in [0.2, 0.25) is 5.91 Å². The zero-order valence-electron chi connectivity index (χ0n) is 14.5. The van der Waals surface area contributed by atoms with E-state index in [0.29, 0.717) is 32.4 Å². The molecule has 2 aliphatic rings. The van der Waals surface area contributed by atoms with Crippen molar-refractivity contribution in [1.82, 2.24) is 9.88 Å². The van der Waals surface area contributed by atoms with Gasteiger partial charge in [0.1, 0.15) is 0 Å². The molecule has 5 heteroatoms. The molecular weight excluding hydrogens is 316 g/mol. The van der Waals surface area contributed by atoms with Gasteiger partial charge in [-0.1, -0.05) is 24.6 Å². The number of carboxylic acids is 1. The quantitative estimate of drug-likeness (QED) is 0.898. The Morgan fingerprint density at radius 2 is 2.24 bits per heavy atom. The van der Waals surface area contributed by atoms with Gasteiger partial charge >= 0.3 is 5.97 Å². The lowest BCUT2D eigenvalue weighted by Gasteiger charge is -2.23. The summed E-state index contributed by atoms with van der Waals surface area (Å²) < 4.78 is 0. The van der Waals surface area contributed by atoms with Crippen molar-refractivity contribution in [3.05, 3.63) is 35.5 Å². The third kappa shape index (κ3) is 2.53. The van der Waals surface area contributed by atoms with Gasteiger partial charge in [0.25, 0.3) is 0 Å². The van der Waals surface area contributed by atoms with Crippen LogP contribution in [0.1, 0.15) is 36.8 Å². The maximum Gasteiger partial charge on any atom is 0.311 e. The molecule has 25 heavy (non-hydrogen) atoms. The Balaban J connectivity index is 1.45. The summed E-state index contributed by atoms with van der Waals surface area (Å²) in [5.41, 5.74) is 2.80. The number of H-pyrrole nitrogens is 1. The number of carbonyl (C=O) groups excluding carboxylic acids is 1. The number of nitrogens with zero attached hydrogens (tertiary/aromatic N) is 1. The Bertz CT molecular complexity index is 841. The summed E-state index contributed by atoms with van der Waals surface area (Å²) in [6.07, 6.45) is 5.71. The molecule has 0 unspecified atom stereocenters. The number of para-hydroxylation sites is 1. The van der Waals surface area contributed by atoms with Gasteiger partial charge in [0, 0.05) is 36.6 Å². The van der Waals surface area contributed by atoms with E-state index in [-0.39, 0.29) is 11.8 Å². The van der Waals surface area contributed by atoms with Crippen LogP contribution in [0.2, 0.25) is 0 Å². The van der Waals surface area contributed by atoms with Gasteiger partial charge in [0.15, 0.2) is 0 Å². The summed E-state index contributed by atoms with van der Waals surface area (Å²) in [5.74, 6) is -0.515. The molecular formula is C20H24N2O3. The molecule has 2 fully saturated rings. The van der Waals surface area contributed by atoms with Crippen molar-refractivity contribution in [3.8, 4) is 0 Å². The minimum absolute atomic E-state index is 0.0806. The van der Waals surface area contributed by atoms with Crippen molar-refractivity contribution < 1.29 is 14.7 Å². The highest BCUT2D eigenvalue weighted by Crippen LogP contribution is 2.49. The maximum atomic E-state index is 12.7. The average Bonchev–Trinajstić information content (AvgIpc) is 3.25. The Kier molecular flexibility index (Phi) is 3.82. The Labute approximate surface area is 147 Å². The molecule has 2 heterocycles. The summed E-state index contributed by atoms with van der Waals surface area (Å²) in [6, 6.07) is 6.19. The van der Waals surface area contributed by atoms with E-state index >= 15 is 0 Å². The third-order valence-electron chi connectivity index (χ3n) is 6.27. The summed E-state index contributed by atoms with van der Waals surface area (Å²) >= 11 is 0. The molecule has 0 spiro atoms. The third-order valence-corrected chi connectivity index (χ3v) is 6.27. The average molecular weight is 340 g/mol. The molecule has 1 saturated heterocycles. The van der Waals surface area contributed by atoms with Crippen molar-refractivity contribution in [2.45, 2.75) is 39.0 Å². The van der Waals surface area contributed by atoms with E-state index in [2.05, 4.69) is 24.0 Å². The number of carbonyl (C=O) groups is 2. The van der Waals surface area contributed by atoms with Gasteiger partial charge in [-0.15, -0.1) is 0 Å². The molecule has 1 aromatic heterocycles. The molecule has 4 rings (SSSR count). The SMILES string of the molecule is Cc1cccc2c(CCC(=O)N3C[C@@H]4CCC[C@@]4(C(=O)O)C3)c[nH]c12. The molecule has 0 radical (unpaired) electrons. The number of aliphatic carboxylic acids is 1. The van der Waals surface area contributed by atoms with Crippen LogP contribution in [0.25, 0.3) is 10.9 Å². The van der Waals surface area contributed by atoms with Crippen LogP contribution >= 0.6 is 0 Å². The number of nitrogens with one attached hydrogen (secondary N) is 1. The smallest absolute Gasteiger partial charge is 0.311 e. The topological polar surface area (TPSA) is 73.4 Å². The molecule has 1 aliphatic carbocycles. The predicted molar refractivity (Wildman–Crippen MR) is 95.3 cm³/mol. The molecule has 0 bridgehead atoms. The fourth-order valence-corrected chi connectivity index (χ4v) is 4.80. The summed E-state index contributed by atoms with van der Waals surface area (Å²) in [4.78, 5) is 29.5. The van der Waals surface area contributed by atoms with Gasteiger partial charge in [-0.3, -0.25) is 9.59 Å². The monoisotopic (exact) mass is 340 g/mol. The van der Waals surface area contributed by atoms with Crippen molar-refractivity contribution >= 4 is 22.8 Å². The highest BCUT2D eigenvalue weighted by molar-refractivity contribution is 5.87. The fraction of sp³-hybridized carbons (Fsp3) is 0.500. The first-order chi connectivity index (χ1) is 12.0. The van der Waals surface area contributed by atoms with E-state index in [1.54, 1.807) is 4.90 Å². The van der Waals surface area contributed by atoms with Crippen LogP contribution in [-0.2, 0) is 16.0 Å². The van der Waals surface area contributed by atoms with E-state index in [0.717, 1.165) is 23.9 Å². The molecule has 1 aromatic carbocycles. The first-order valence-corrected chi connectivity index (χ1v) is 9.08. The zero-order chi connectivity index (χ0) is 17.6. The number of aryl methyl sites for hydroxylation is 2. The minimum Gasteiger partial charge on any atom is -0.481 e. The standard InChI is InChI=1S/C20H24N2O3/c1-13-4-2-6-16-14(10-21-18(13)16)7-8-17(23)22-11-15-5-3-9-20(15,12-22)19(24)25/h2,4,6,10,15,21H,3,5,7-9,11-12H2,1H3,(H,24,25)/t15-,20+/m0/s1. The second kappa shape index (κ2) is 5.90. The minimum atomic E-state index is -0.725. The Morgan fingerprint density at radius 3 is 3.00 bits per heavy atom. The fourth-order valence-electron chi connectivity index (χ4n) is 4.80. The van der Waals surface area contributed by atoms with Crippen LogP contribution in [-0.4, -0.2) is 40.0 Å². The van der Waals surface area contributed by atoms with Crippen molar-refractivity contribution in [1.29, 1.82) is 0 Å². The normalized spacial score (nSPS) is 25.5. The van der Waals surface area contributed by atoms with Gasteiger partial charge in [-0.25, -0.2) is 0 Å². The van der Waals surface area contributed by atoms with E-state index < -0.39 is 11.4 Å². The second-order valence-corrected chi connectivity index (χ2v) is 7.64. The second-order valence-electron chi connectivity index (χ2n) is 7.64. The zero-order valence-corrected chi connectivity index (χ0v) is 14.5. The Morgan fingerprint density at radius 1 is 1.40 bits per heavy atom. The number of likely N-dealkylation sites (tertiary alicyclic amines) is 1. The highest BCUT2D eigenvalue weighted by Gasteiger charge is 2.55. The van der Waals surface area contributed by atoms with Crippen molar-refractivity contribution in [3.63, 3.8) is 0 Å². The largest absolute Gasteiger partial charge is 0.481 e. The van der Waals surface area contributed by atoms with Crippen LogP contribution in [0.15, 0.2) is 24.4 Å². The molecule has 2 aromatic rings. The van der Waals surface area contributed by atoms with E-state index in [1.807, 2.05) is 12.3 Å². The molecule has 2 N–H and O–H groups in total. The lowest BCUT2D eigenvalue weighted by Crippen LogP contribution is -2.37. The Hall–Kier alpha value is -2.30. The predicted octanol–water partition coefficient (Wildman–Crippen LogP) is 3.12. The summed E-state index contributed by atoms with van der Waals surface area (Å²) in [5, 5.41) is 10.8. The molecule has 1 amide bonds. The van der Waals surface area contributed by atoms with Gasteiger partial charge in [0.05, 0.1) is 5.41 Å². The van der Waals surface area contributed by atoms with Crippen molar-refractivity contribution in [2.75, 3.05) is 13.1 Å². The molecule has 1 aliphatic heterocycles. The number of rotatable bonds is 4. The summed E-state index contributed by atoms with van der Waals surface area (Å²) in [6.45, 7) is 3.07. The maximum absolute atomic E-state index is 12.7. The number of carboxylic acid groups (broad SMARTS) is 1. The van der Waals surface area contributed by atoms with Crippen LogP contribution in [0.3, 0.4) is 0 Å². The van der Waals surface area contributed by atoms with E-state index in [9.17, 15) is 14.7 Å². The number of fused-ring (bicyclic) bond motifs is 2. The first-order valence-electron chi connectivity index (χ1n) is 9.08. The first kappa shape index (κ1) is 16.2. The molecule has 132 valence electrons. The lowest BCUT2D eigenvalue weighted by atomic mass is 9.81. The van der Waals surface area contributed by atoms with E-state index in [1.165, 1.54) is 10.9 Å². The van der Waals surface area contributed by atoms with Gasteiger partial charge in [-0.05, 0) is 43.2 Å². The van der Waals surface area contributed by atoms with Crippen LogP contribution in [0, 0.1) is 18.3 Å². The van der Waals surface area contributed by atoms with Gasteiger partial charge in [-0.2, -0.15) is 0 Å². The number of hydrogen-bond acceptors (Lipinski definition) is 2. The number of aromatic nitrogens is 1. The lowest BCUT2D eigenvalue weighted by molar-refractivity contribution is -0.149. The van der Waals surface area contributed by atoms with Crippen LogP contribution in [0.5, 0.6) is 0 Å². The van der Waals surface area contributed by atoms with E-state index in [4.69, 9.17) is 0 Å². The molecule has 5 nitrogen and oxygen atoms in total. The van der Waals surface area contributed by atoms with Crippen LogP contribution < -0.4 is 0 Å². The number of aromatic amines is 1. The molecule has 1 saturated carbocycles. The van der Waals surface area contributed by atoms with Crippen molar-refractivity contribution in [2.24, 2.45) is 11.3 Å². The number of hydrogen-bond donors (Lipinski definition) is 2. The number of benzene rings is 1. The summed E-state index contributed by atoms with van der Waals surface area (Å²) in [7, 11) is 0.